The van der Waals surface area contributed by atoms with Gasteiger partial charge in [-0.3, -0.25) is 5.41 Å². The van der Waals surface area contributed by atoms with Crippen LogP contribution in [0.5, 0.6) is 11.5 Å². The van der Waals surface area contributed by atoms with Gasteiger partial charge in [0.05, 0.1) is 14.2 Å². The second kappa shape index (κ2) is 5.31. The first-order chi connectivity index (χ1) is 7.22. The van der Waals surface area contributed by atoms with E-state index in [0.29, 0.717) is 22.1 Å². The van der Waals surface area contributed by atoms with Gasteiger partial charge in [-0.1, -0.05) is 0 Å². The molecule has 1 aromatic carbocycles. The molecule has 4 nitrogen and oxygen atoms in total. The van der Waals surface area contributed by atoms with Gasteiger partial charge in [0.15, 0.2) is 23.0 Å². The van der Waals surface area contributed by atoms with Crippen molar-refractivity contribution in [1.82, 2.24) is 0 Å². The van der Waals surface area contributed by atoms with Crippen molar-refractivity contribution in [3.63, 3.8) is 0 Å². The molecule has 0 amide bonds. The zero-order valence-electron chi connectivity index (χ0n) is 8.44. The molecule has 0 saturated carbocycles. The predicted octanol–water partition coefficient (Wildman–Crippen LogP) is 2.00. The van der Waals surface area contributed by atoms with Crippen LogP contribution in [0.25, 0.3) is 0 Å². The maximum Gasteiger partial charge on any atom is 0.190 e. The van der Waals surface area contributed by atoms with Crippen LogP contribution >= 0.6 is 12.2 Å². The Morgan fingerprint density at radius 3 is 2.60 bits per heavy atom. The Kier molecular flexibility index (Phi) is 4.05. The molecule has 0 spiro atoms. The standard InChI is InChI=1S/C10H11NO3S/c1-12-8-4-3-7(10(15)13-2)5-9(8)14-6-11/h3-6,11H,1-2H3. The molecule has 0 saturated heterocycles. The molecule has 0 atom stereocenters. The molecule has 5 heteroatoms. The number of methoxy groups -OCH3 is 2. The molecule has 0 aliphatic heterocycles. The summed E-state index contributed by atoms with van der Waals surface area (Å²) in [4.78, 5) is 0. The van der Waals surface area contributed by atoms with Gasteiger partial charge in [-0.25, -0.2) is 0 Å². The first-order valence-electron chi connectivity index (χ1n) is 4.15. The lowest BCUT2D eigenvalue weighted by Gasteiger charge is -2.09. The molecule has 0 radical (unpaired) electrons. The minimum absolute atomic E-state index is 0.368. The van der Waals surface area contributed by atoms with E-state index in [9.17, 15) is 0 Å². The van der Waals surface area contributed by atoms with Gasteiger partial charge in [-0.05, 0) is 30.4 Å². The fourth-order valence-corrected chi connectivity index (χ4v) is 1.20. The van der Waals surface area contributed by atoms with E-state index in [-0.39, 0.29) is 0 Å². The molecular formula is C10H11NO3S. The quantitative estimate of drug-likeness (QED) is 0.484. The number of nitrogens with one attached hydrogen (secondary N) is 1. The Labute approximate surface area is 93.3 Å². The van der Waals surface area contributed by atoms with E-state index in [4.69, 9.17) is 31.8 Å². The first kappa shape index (κ1) is 11.5. The van der Waals surface area contributed by atoms with Gasteiger partial charge >= 0.3 is 0 Å². The average molecular weight is 225 g/mol. The van der Waals surface area contributed by atoms with Crippen LogP contribution in [0.1, 0.15) is 5.56 Å². The van der Waals surface area contributed by atoms with E-state index < -0.39 is 0 Å². The van der Waals surface area contributed by atoms with Crippen LogP contribution in [0, 0.1) is 5.41 Å². The van der Waals surface area contributed by atoms with Gasteiger partial charge in [-0.2, -0.15) is 0 Å². The van der Waals surface area contributed by atoms with Crippen molar-refractivity contribution >= 4 is 23.7 Å². The molecule has 1 N–H and O–H groups in total. The number of ether oxygens (including phenoxy) is 3. The average Bonchev–Trinajstić information content (AvgIpc) is 2.28. The van der Waals surface area contributed by atoms with Crippen molar-refractivity contribution in [2.45, 2.75) is 0 Å². The largest absolute Gasteiger partial charge is 0.493 e. The van der Waals surface area contributed by atoms with Gasteiger partial charge in [0.2, 0.25) is 0 Å². The normalized spacial score (nSPS) is 9.20. The highest BCUT2D eigenvalue weighted by atomic mass is 32.1. The number of hydrogen-bond donors (Lipinski definition) is 1. The van der Waals surface area contributed by atoms with Crippen LogP contribution in [0.2, 0.25) is 0 Å². The molecule has 0 aliphatic rings. The van der Waals surface area contributed by atoms with Gasteiger partial charge in [0.1, 0.15) is 0 Å². The van der Waals surface area contributed by atoms with E-state index in [2.05, 4.69) is 0 Å². The lowest BCUT2D eigenvalue weighted by molar-refractivity contribution is 0.392. The summed E-state index contributed by atoms with van der Waals surface area (Å²) in [7, 11) is 3.03. The molecule has 1 rings (SSSR count). The third-order valence-electron chi connectivity index (χ3n) is 1.77. The van der Waals surface area contributed by atoms with Gasteiger partial charge in [0.25, 0.3) is 0 Å². The number of thiocarbonyl (C=S) groups is 1. The Morgan fingerprint density at radius 1 is 1.33 bits per heavy atom. The van der Waals surface area contributed by atoms with E-state index in [1.807, 2.05) is 0 Å². The van der Waals surface area contributed by atoms with E-state index in [0.717, 1.165) is 6.40 Å². The molecule has 0 fully saturated rings. The second-order valence-electron chi connectivity index (χ2n) is 2.59. The number of rotatable bonds is 4. The van der Waals surface area contributed by atoms with Crippen molar-refractivity contribution in [3.05, 3.63) is 23.8 Å². The number of benzene rings is 1. The maximum atomic E-state index is 6.87. The summed E-state index contributed by atoms with van der Waals surface area (Å²) in [6.45, 7) is 0. The molecule has 0 unspecified atom stereocenters. The third-order valence-corrected chi connectivity index (χ3v) is 2.17. The molecular weight excluding hydrogens is 214 g/mol. The Morgan fingerprint density at radius 2 is 2.07 bits per heavy atom. The molecule has 1 aromatic rings. The molecule has 15 heavy (non-hydrogen) atoms. The molecule has 0 heterocycles. The van der Waals surface area contributed by atoms with Crippen LogP contribution in [0.3, 0.4) is 0 Å². The molecule has 0 aromatic heterocycles. The fourth-order valence-electron chi connectivity index (χ4n) is 1.08. The van der Waals surface area contributed by atoms with Crippen molar-refractivity contribution in [2.24, 2.45) is 0 Å². The SMILES string of the molecule is COC(=S)c1ccc(OC)c(OC=N)c1. The smallest absolute Gasteiger partial charge is 0.190 e. The topological polar surface area (TPSA) is 51.5 Å². The van der Waals surface area contributed by atoms with Crippen molar-refractivity contribution in [2.75, 3.05) is 14.2 Å². The summed E-state index contributed by atoms with van der Waals surface area (Å²) in [5.41, 5.74) is 0.713. The predicted molar refractivity (Wildman–Crippen MR) is 61.1 cm³/mol. The Balaban J connectivity index is 3.09. The molecule has 80 valence electrons. The lowest BCUT2D eigenvalue weighted by atomic mass is 10.2. The zero-order valence-corrected chi connectivity index (χ0v) is 9.26. The highest BCUT2D eigenvalue weighted by Crippen LogP contribution is 2.27. The zero-order chi connectivity index (χ0) is 11.3. The Hall–Kier alpha value is -1.62. The Bertz CT molecular complexity index is 379. The summed E-state index contributed by atoms with van der Waals surface area (Å²) in [6, 6.07) is 5.14. The molecule has 0 aliphatic carbocycles. The van der Waals surface area contributed by atoms with Gasteiger partial charge < -0.3 is 14.2 Å². The summed E-state index contributed by atoms with van der Waals surface area (Å²) < 4.78 is 14.9. The van der Waals surface area contributed by atoms with Gasteiger partial charge in [-0.15, -0.1) is 0 Å². The van der Waals surface area contributed by atoms with Gasteiger partial charge in [0, 0.05) is 5.56 Å². The third kappa shape index (κ3) is 2.66. The first-order valence-corrected chi connectivity index (χ1v) is 4.55. The van der Waals surface area contributed by atoms with Crippen LogP contribution in [0.4, 0.5) is 0 Å². The van der Waals surface area contributed by atoms with Crippen LogP contribution in [-0.2, 0) is 4.74 Å². The minimum Gasteiger partial charge on any atom is -0.493 e. The van der Waals surface area contributed by atoms with Crippen molar-refractivity contribution in [1.29, 1.82) is 5.41 Å². The summed E-state index contributed by atoms with van der Waals surface area (Å²) in [5, 5.41) is 7.24. The monoisotopic (exact) mass is 225 g/mol. The van der Waals surface area contributed by atoms with Crippen LogP contribution in [-0.4, -0.2) is 25.7 Å². The number of hydrogen-bond acceptors (Lipinski definition) is 5. The summed E-state index contributed by atoms with van der Waals surface area (Å²) in [6.07, 6.45) is 0.831. The van der Waals surface area contributed by atoms with Crippen molar-refractivity contribution in [3.8, 4) is 11.5 Å². The summed E-state index contributed by atoms with van der Waals surface area (Å²) in [5.74, 6) is 0.977. The highest BCUT2D eigenvalue weighted by molar-refractivity contribution is 7.80. The summed E-state index contributed by atoms with van der Waals surface area (Å²) >= 11 is 4.97. The van der Waals surface area contributed by atoms with E-state index in [1.54, 1.807) is 18.2 Å². The van der Waals surface area contributed by atoms with E-state index in [1.165, 1.54) is 14.2 Å². The molecule has 0 bridgehead atoms. The highest BCUT2D eigenvalue weighted by Gasteiger charge is 2.08. The maximum absolute atomic E-state index is 6.87. The van der Waals surface area contributed by atoms with Crippen LogP contribution < -0.4 is 9.47 Å². The minimum atomic E-state index is 0.368. The second-order valence-corrected chi connectivity index (χ2v) is 2.96. The lowest BCUT2D eigenvalue weighted by Crippen LogP contribution is -2.01. The fraction of sp³-hybridized carbons (Fsp3) is 0.200. The van der Waals surface area contributed by atoms with Crippen LogP contribution in [0.15, 0.2) is 18.2 Å². The van der Waals surface area contributed by atoms with Crippen molar-refractivity contribution < 1.29 is 14.2 Å². The van der Waals surface area contributed by atoms with E-state index >= 15 is 0 Å².